The summed E-state index contributed by atoms with van der Waals surface area (Å²) >= 11 is 3.41. The molecule has 1 fully saturated rings. The van der Waals surface area contributed by atoms with Crippen LogP contribution in [0.4, 0.5) is 5.82 Å². The number of anilines is 1. The molecule has 0 N–H and O–H groups in total. The van der Waals surface area contributed by atoms with Gasteiger partial charge in [-0.05, 0) is 40.4 Å². The normalized spacial score (nSPS) is 19.7. The molecule has 0 bridgehead atoms. The Hall–Kier alpha value is -2.61. The van der Waals surface area contributed by atoms with Crippen LogP contribution in [0.2, 0.25) is 0 Å². The quantitative estimate of drug-likeness (QED) is 0.646. The van der Waals surface area contributed by atoms with Crippen LogP contribution in [-0.2, 0) is 0 Å². The summed E-state index contributed by atoms with van der Waals surface area (Å²) < 4.78 is 2.70. The van der Waals surface area contributed by atoms with Crippen LogP contribution in [0.25, 0.3) is 17.2 Å². The van der Waals surface area contributed by atoms with Crippen LogP contribution in [0.15, 0.2) is 52.1 Å². The fourth-order valence-electron chi connectivity index (χ4n) is 3.78. The topological polar surface area (TPSA) is 71.6 Å². The Bertz CT molecular complexity index is 1060. The number of imidazole rings is 1. The van der Waals surface area contributed by atoms with Crippen molar-refractivity contribution in [3.63, 3.8) is 0 Å². The van der Waals surface area contributed by atoms with Crippen molar-refractivity contribution in [3.05, 3.63) is 47.1 Å². The summed E-state index contributed by atoms with van der Waals surface area (Å²) in [6.07, 6.45) is 13.9. The number of fused-ring (bicyclic) bond motifs is 1. The number of halogens is 1. The Balaban J connectivity index is 1.46. The van der Waals surface area contributed by atoms with E-state index in [2.05, 4.69) is 46.9 Å². The van der Waals surface area contributed by atoms with Crippen molar-refractivity contribution in [1.82, 2.24) is 24.3 Å². The van der Waals surface area contributed by atoms with E-state index >= 15 is 0 Å². The van der Waals surface area contributed by atoms with E-state index in [0.717, 1.165) is 47.8 Å². The molecule has 5 heterocycles. The average Bonchev–Trinajstić information content (AvgIpc) is 3.38. The van der Waals surface area contributed by atoms with Crippen LogP contribution >= 0.6 is 15.9 Å². The van der Waals surface area contributed by atoms with Crippen LogP contribution in [0.5, 0.6) is 0 Å². The SMILES string of the molecule is Brc1cn2c(-c3nccc(N4CCCC(C5=CCN=C5)C4)n3)cnc2cn1. The zero-order chi connectivity index (χ0) is 18.2. The molecular formula is C19H18BrN7. The maximum absolute atomic E-state index is 4.84. The first-order valence-electron chi connectivity index (χ1n) is 9.05. The Kier molecular flexibility index (Phi) is 4.20. The second kappa shape index (κ2) is 6.84. The Morgan fingerprint density at radius 2 is 2.11 bits per heavy atom. The van der Waals surface area contributed by atoms with Crippen molar-refractivity contribution in [1.29, 1.82) is 0 Å². The number of rotatable bonds is 3. The summed E-state index contributed by atoms with van der Waals surface area (Å²) in [5, 5.41) is 0. The van der Waals surface area contributed by atoms with Crippen molar-refractivity contribution in [3.8, 4) is 11.5 Å². The van der Waals surface area contributed by atoms with Gasteiger partial charge in [-0.2, -0.15) is 0 Å². The minimum absolute atomic E-state index is 0.529. The van der Waals surface area contributed by atoms with Crippen molar-refractivity contribution < 1.29 is 0 Å². The maximum atomic E-state index is 4.84. The summed E-state index contributed by atoms with van der Waals surface area (Å²) in [5.74, 6) is 2.16. The molecular weight excluding hydrogens is 406 g/mol. The third kappa shape index (κ3) is 3.14. The molecule has 3 aromatic heterocycles. The Labute approximate surface area is 165 Å². The number of nitrogens with zero attached hydrogens (tertiary/aromatic N) is 7. The largest absolute Gasteiger partial charge is 0.356 e. The highest BCUT2D eigenvalue weighted by Gasteiger charge is 2.24. The standard InChI is InChI=1S/C19H18BrN7/c20-16-12-27-15(9-24-18(27)10-23-16)19-22-6-4-17(25-19)26-7-1-2-14(11-26)13-3-5-21-8-13/h3-4,6,8-10,12,14H,1-2,5,7,11H2. The second-order valence-electron chi connectivity index (χ2n) is 6.80. The molecule has 5 rings (SSSR count). The van der Waals surface area contributed by atoms with Gasteiger partial charge in [-0.1, -0.05) is 6.08 Å². The van der Waals surface area contributed by atoms with E-state index in [1.807, 2.05) is 29.1 Å². The maximum Gasteiger partial charge on any atom is 0.180 e. The number of aliphatic imine (C=N–C) groups is 1. The Morgan fingerprint density at radius 3 is 3.00 bits per heavy atom. The molecule has 27 heavy (non-hydrogen) atoms. The molecule has 0 radical (unpaired) electrons. The molecule has 0 aliphatic carbocycles. The minimum Gasteiger partial charge on any atom is -0.356 e. The molecule has 1 saturated heterocycles. The van der Waals surface area contributed by atoms with Gasteiger partial charge in [0.25, 0.3) is 0 Å². The summed E-state index contributed by atoms with van der Waals surface area (Å²) in [6.45, 7) is 2.80. The first kappa shape index (κ1) is 16.6. The molecule has 0 aromatic carbocycles. The van der Waals surface area contributed by atoms with Gasteiger partial charge in [0.1, 0.15) is 16.1 Å². The lowest BCUT2D eigenvalue weighted by molar-refractivity contribution is 0.474. The van der Waals surface area contributed by atoms with Crippen LogP contribution < -0.4 is 4.90 Å². The number of hydrogen-bond acceptors (Lipinski definition) is 6. The van der Waals surface area contributed by atoms with Crippen LogP contribution in [-0.4, -0.2) is 50.2 Å². The third-order valence-electron chi connectivity index (χ3n) is 5.12. The minimum atomic E-state index is 0.529. The molecule has 0 spiro atoms. The van der Waals surface area contributed by atoms with Gasteiger partial charge >= 0.3 is 0 Å². The van der Waals surface area contributed by atoms with Gasteiger partial charge in [0.2, 0.25) is 0 Å². The molecule has 0 amide bonds. The molecule has 2 aliphatic rings. The van der Waals surface area contributed by atoms with Gasteiger partial charge in [0, 0.05) is 37.6 Å². The lowest BCUT2D eigenvalue weighted by Gasteiger charge is -2.33. The van der Waals surface area contributed by atoms with Crippen LogP contribution in [0.3, 0.4) is 0 Å². The summed E-state index contributed by atoms with van der Waals surface area (Å²) in [4.78, 5) is 24.7. The molecule has 0 saturated carbocycles. The molecule has 136 valence electrons. The van der Waals surface area contributed by atoms with Gasteiger partial charge in [-0.3, -0.25) is 9.39 Å². The monoisotopic (exact) mass is 423 g/mol. The van der Waals surface area contributed by atoms with E-state index in [4.69, 9.17) is 4.98 Å². The van der Waals surface area contributed by atoms with Crippen LogP contribution in [0.1, 0.15) is 12.8 Å². The predicted octanol–water partition coefficient (Wildman–Crippen LogP) is 3.18. The van der Waals surface area contributed by atoms with Crippen molar-refractivity contribution in [2.75, 3.05) is 24.5 Å². The highest BCUT2D eigenvalue weighted by molar-refractivity contribution is 9.10. The van der Waals surface area contributed by atoms with E-state index in [0.29, 0.717) is 11.7 Å². The van der Waals surface area contributed by atoms with Gasteiger partial charge < -0.3 is 4.90 Å². The smallest absolute Gasteiger partial charge is 0.180 e. The lowest BCUT2D eigenvalue weighted by atomic mass is 9.91. The van der Waals surface area contributed by atoms with E-state index in [1.54, 1.807) is 12.4 Å². The van der Waals surface area contributed by atoms with Crippen LogP contribution in [0, 0.1) is 5.92 Å². The molecule has 2 aliphatic heterocycles. The first-order chi connectivity index (χ1) is 13.3. The molecule has 1 unspecified atom stereocenters. The van der Waals surface area contributed by atoms with Gasteiger partial charge in [-0.15, -0.1) is 0 Å². The molecule has 1 atom stereocenters. The zero-order valence-corrected chi connectivity index (χ0v) is 16.2. The summed E-state index contributed by atoms with van der Waals surface area (Å²) in [5.41, 5.74) is 3.00. The molecule has 7 nitrogen and oxygen atoms in total. The first-order valence-corrected chi connectivity index (χ1v) is 9.84. The lowest BCUT2D eigenvalue weighted by Crippen LogP contribution is -2.36. The highest BCUT2D eigenvalue weighted by Crippen LogP contribution is 2.28. The molecule has 3 aromatic rings. The predicted molar refractivity (Wildman–Crippen MR) is 108 cm³/mol. The second-order valence-corrected chi connectivity index (χ2v) is 7.62. The summed E-state index contributed by atoms with van der Waals surface area (Å²) in [7, 11) is 0. The van der Waals surface area contributed by atoms with Gasteiger partial charge in [0.15, 0.2) is 11.5 Å². The van der Waals surface area contributed by atoms with E-state index in [1.165, 1.54) is 12.0 Å². The molecule has 8 heteroatoms. The van der Waals surface area contributed by atoms with E-state index in [-0.39, 0.29) is 0 Å². The summed E-state index contributed by atoms with van der Waals surface area (Å²) in [6, 6.07) is 1.99. The fraction of sp³-hybridized carbons (Fsp3) is 0.316. The van der Waals surface area contributed by atoms with Crippen molar-refractivity contribution in [2.45, 2.75) is 12.8 Å². The zero-order valence-electron chi connectivity index (χ0n) is 14.7. The van der Waals surface area contributed by atoms with Crippen molar-refractivity contribution >= 4 is 33.6 Å². The number of aromatic nitrogens is 5. The van der Waals surface area contributed by atoms with Crippen molar-refractivity contribution in [2.24, 2.45) is 10.9 Å². The average molecular weight is 424 g/mol. The van der Waals surface area contributed by atoms with Gasteiger partial charge in [-0.25, -0.2) is 19.9 Å². The number of hydrogen-bond donors (Lipinski definition) is 0. The fourth-order valence-corrected chi connectivity index (χ4v) is 4.09. The van der Waals surface area contributed by atoms with Gasteiger partial charge in [0.05, 0.1) is 18.9 Å². The third-order valence-corrected chi connectivity index (χ3v) is 5.53. The Morgan fingerprint density at radius 1 is 1.15 bits per heavy atom. The van der Waals surface area contributed by atoms with E-state index < -0.39 is 0 Å². The van der Waals surface area contributed by atoms with E-state index in [9.17, 15) is 0 Å². The highest BCUT2D eigenvalue weighted by atomic mass is 79.9. The number of piperidine rings is 1.